The van der Waals surface area contributed by atoms with Crippen molar-refractivity contribution >= 4 is 17.7 Å². The van der Waals surface area contributed by atoms with E-state index in [4.69, 9.17) is 9.47 Å². The van der Waals surface area contributed by atoms with Crippen molar-refractivity contribution in [1.82, 2.24) is 5.32 Å². The summed E-state index contributed by atoms with van der Waals surface area (Å²) in [5.74, 6) is 0.312. The van der Waals surface area contributed by atoms with Gasteiger partial charge in [0.05, 0.1) is 6.61 Å². The molecule has 0 aliphatic heterocycles. The highest BCUT2D eigenvalue weighted by molar-refractivity contribution is 6.00. The Kier molecular flexibility index (Phi) is 8.29. The molecule has 0 saturated carbocycles. The summed E-state index contributed by atoms with van der Waals surface area (Å²) in [4.78, 5) is 34.6. The average Bonchev–Trinajstić information content (AvgIpc) is 2.51. The Morgan fingerprint density at radius 1 is 0.923 bits per heavy atom. The molecule has 0 aliphatic carbocycles. The molecule has 6 heteroatoms. The maximum Gasteiger partial charge on any atom is 0.407 e. The lowest BCUT2D eigenvalue weighted by Crippen LogP contribution is -2.33. The maximum absolute atomic E-state index is 11.6. The average molecular weight is 363 g/mol. The Balaban J connectivity index is 2.33. The molecule has 1 rings (SSSR count). The Morgan fingerprint density at radius 3 is 2.00 bits per heavy atom. The zero-order chi connectivity index (χ0) is 19.7. The van der Waals surface area contributed by atoms with Crippen molar-refractivity contribution in [2.75, 3.05) is 13.2 Å². The fourth-order valence-corrected chi connectivity index (χ4v) is 2.19. The third-order valence-corrected chi connectivity index (χ3v) is 3.48. The van der Waals surface area contributed by atoms with Crippen LogP contribution in [0, 0.1) is 0 Å². The first kappa shape index (κ1) is 21.7. The van der Waals surface area contributed by atoms with E-state index < -0.39 is 11.7 Å². The van der Waals surface area contributed by atoms with Gasteiger partial charge in [0.1, 0.15) is 11.4 Å². The quantitative estimate of drug-likeness (QED) is 0.526. The standard InChI is InChI=1S/C20H29NO5/c1-14(22)16-11-17(15(2)23)13-18(12-16)25-10-8-6-7-9-21-19(24)26-20(3,4)5/h11-13H,6-10H2,1-5H3,(H,21,24). The first-order valence-electron chi connectivity index (χ1n) is 8.85. The molecule has 144 valence electrons. The van der Waals surface area contributed by atoms with Crippen LogP contribution < -0.4 is 10.1 Å². The van der Waals surface area contributed by atoms with Crippen molar-refractivity contribution in [3.05, 3.63) is 29.3 Å². The van der Waals surface area contributed by atoms with Gasteiger partial charge in [-0.3, -0.25) is 9.59 Å². The van der Waals surface area contributed by atoms with Crippen molar-refractivity contribution in [3.8, 4) is 5.75 Å². The van der Waals surface area contributed by atoms with Crippen LogP contribution in [-0.2, 0) is 4.74 Å². The fraction of sp³-hybridized carbons (Fsp3) is 0.550. The second kappa shape index (κ2) is 9.94. The molecule has 0 radical (unpaired) electrons. The van der Waals surface area contributed by atoms with Gasteiger partial charge in [0.2, 0.25) is 0 Å². The topological polar surface area (TPSA) is 81.7 Å². The third-order valence-electron chi connectivity index (χ3n) is 3.48. The molecule has 1 aromatic carbocycles. The molecule has 6 nitrogen and oxygen atoms in total. The second-order valence-corrected chi connectivity index (χ2v) is 7.20. The SMILES string of the molecule is CC(=O)c1cc(OCCCCCNC(=O)OC(C)(C)C)cc(C(C)=O)c1. The Bertz CT molecular complexity index is 614. The molecule has 0 spiro atoms. The molecule has 1 N–H and O–H groups in total. The number of alkyl carbamates (subject to hydrolysis) is 1. The van der Waals surface area contributed by atoms with E-state index in [9.17, 15) is 14.4 Å². The molecule has 0 unspecified atom stereocenters. The van der Waals surface area contributed by atoms with Gasteiger partial charge in [0.15, 0.2) is 11.6 Å². The van der Waals surface area contributed by atoms with E-state index in [-0.39, 0.29) is 11.6 Å². The van der Waals surface area contributed by atoms with Gasteiger partial charge in [0.25, 0.3) is 0 Å². The molecule has 0 aromatic heterocycles. The summed E-state index contributed by atoms with van der Waals surface area (Å²) in [5, 5.41) is 2.71. The zero-order valence-corrected chi connectivity index (χ0v) is 16.3. The van der Waals surface area contributed by atoms with Crippen LogP contribution in [0.5, 0.6) is 5.75 Å². The van der Waals surface area contributed by atoms with Crippen LogP contribution in [0.15, 0.2) is 18.2 Å². The second-order valence-electron chi connectivity index (χ2n) is 7.20. The van der Waals surface area contributed by atoms with E-state index in [0.29, 0.717) is 30.0 Å². The maximum atomic E-state index is 11.6. The number of ether oxygens (including phenoxy) is 2. The number of nitrogens with one attached hydrogen (secondary N) is 1. The molecule has 26 heavy (non-hydrogen) atoms. The van der Waals surface area contributed by atoms with Crippen molar-refractivity contribution < 1.29 is 23.9 Å². The number of amides is 1. The Morgan fingerprint density at radius 2 is 1.50 bits per heavy atom. The number of carbonyl (C=O) groups excluding carboxylic acids is 3. The van der Waals surface area contributed by atoms with Crippen molar-refractivity contribution in [2.45, 2.75) is 59.5 Å². The highest BCUT2D eigenvalue weighted by Crippen LogP contribution is 2.19. The molecule has 1 aromatic rings. The highest BCUT2D eigenvalue weighted by atomic mass is 16.6. The number of ketones is 2. The normalized spacial score (nSPS) is 11.0. The van der Waals surface area contributed by atoms with Crippen LogP contribution in [0.2, 0.25) is 0 Å². The summed E-state index contributed by atoms with van der Waals surface area (Å²) in [6.45, 7) is 9.41. The molecular formula is C20H29NO5. The largest absolute Gasteiger partial charge is 0.494 e. The Labute approximate surface area is 155 Å². The number of unbranched alkanes of at least 4 members (excludes halogenated alkanes) is 2. The van der Waals surface area contributed by atoms with Gasteiger partial charge in [-0.15, -0.1) is 0 Å². The van der Waals surface area contributed by atoms with E-state index >= 15 is 0 Å². The number of benzene rings is 1. The van der Waals surface area contributed by atoms with Gasteiger partial charge in [-0.1, -0.05) is 0 Å². The van der Waals surface area contributed by atoms with Gasteiger partial charge >= 0.3 is 6.09 Å². The van der Waals surface area contributed by atoms with Crippen LogP contribution >= 0.6 is 0 Å². The summed E-state index contributed by atoms with van der Waals surface area (Å²) in [7, 11) is 0. The summed E-state index contributed by atoms with van der Waals surface area (Å²) < 4.78 is 10.8. The number of carbonyl (C=O) groups is 3. The Hall–Kier alpha value is -2.37. The fourth-order valence-electron chi connectivity index (χ4n) is 2.19. The van der Waals surface area contributed by atoms with Gasteiger partial charge in [-0.05, 0) is 72.1 Å². The van der Waals surface area contributed by atoms with Crippen molar-refractivity contribution in [2.24, 2.45) is 0 Å². The predicted molar refractivity (Wildman–Crippen MR) is 100 cm³/mol. The van der Waals surface area contributed by atoms with Crippen LogP contribution in [-0.4, -0.2) is 36.4 Å². The first-order valence-corrected chi connectivity index (χ1v) is 8.85. The van der Waals surface area contributed by atoms with Gasteiger partial charge in [-0.2, -0.15) is 0 Å². The lowest BCUT2D eigenvalue weighted by Gasteiger charge is -2.19. The lowest BCUT2D eigenvalue weighted by molar-refractivity contribution is 0.0526. The van der Waals surface area contributed by atoms with Crippen LogP contribution in [0.3, 0.4) is 0 Å². The smallest absolute Gasteiger partial charge is 0.407 e. The van der Waals surface area contributed by atoms with Crippen molar-refractivity contribution in [3.63, 3.8) is 0 Å². The van der Waals surface area contributed by atoms with E-state index in [2.05, 4.69) is 5.32 Å². The van der Waals surface area contributed by atoms with E-state index in [1.54, 1.807) is 18.2 Å². The lowest BCUT2D eigenvalue weighted by atomic mass is 10.0. The molecule has 0 fully saturated rings. The van der Waals surface area contributed by atoms with Gasteiger partial charge < -0.3 is 14.8 Å². The third kappa shape index (κ3) is 8.65. The summed E-state index contributed by atoms with van der Waals surface area (Å²) in [6.07, 6.45) is 2.08. The van der Waals surface area contributed by atoms with E-state index in [1.165, 1.54) is 13.8 Å². The zero-order valence-electron chi connectivity index (χ0n) is 16.3. The summed E-state index contributed by atoms with van der Waals surface area (Å²) in [5.41, 5.74) is 0.439. The molecule has 0 heterocycles. The molecular weight excluding hydrogens is 334 g/mol. The van der Waals surface area contributed by atoms with Crippen LogP contribution in [0.4, 0.5) is 4.79 Å². The highest BCUT2D eigenvalue weighted by Gasteiger charge is 2.15. The van der Waals surface area contributed by atoms with Gasteiger partial charge in [-0.25, -0.2) is 4.79 Å². The van der Waals surface area contributed by atoms with Gasteiger partial charge in [0, 0.05) is 17.7 Å². The number of hydrogen-bond acceptors (Lipinski definition) is 5. The monoisotopic (exact) mass is 363 g/mol. The van der Waals surface area contributed by atoms with E-state index in [0.717, 1.165) is 19.3 Å². The minimum atomic E-state index is -0.495. The van der Waals surface area contributed by atoms with E-state index in [1.807, 2.05) is 20.8 Å². The molecule has 0 bridgehead atoms. The van der Waals surface area contributed by atoms with Crippen LogP contribution in [0.25, 0.3) is 0 Å². The van der Waals surface area contributed by atoms with Crippen molar-refractivity contribution in [1.29, 1.82) is 0 Å². The number of rotatable bonds is 9. The summed E-state index contributed by atoms with van der Waals surface area (Å²) >= 11 is 0. The molecule has 1 amide bonds. The number of hydrogen-bond donors (Lipinski definition) is 1. The minimum Gasteiger partial charge on any atom is -0.494 e. The molecule has 0 aliphatic rings. The summed E-state index contributed by atoms with van der Waals surface area (Å²) in [6, 6.07) is 4.89. The number of Topliss-reactive ketones (excluding diaryl/α,β-unsaturated/α-hetero) is 2. The first-order chi connectivity index (χ1) is 12.1. The molecule has 0 saturated heterocycles. The molecule has 0 atom stereocenters. The van der Waals surface area contributed by atoms with Crippen LogP contribution in [0.1, 0.15) is 74.6 Å². The minimum absolute atomic E-state index is 0.105. The predicted octanol–water partition coefficient (Wildman–Crippen LogP) is 4.17.